The van der Waals surface area contributed by atoms with Gasteiger partial charge in [-0.3, -0.25) is 4.79 Å². The van der Waals surface area contributed by atoms with Gasteiger partial charge in [0, 0.05) is 10.6 Å². The molecule has 138 valence electrons. The summed E-state index contributed by atoms with van der Waals surface area (Å²) in [7, 11) is 3.11. The zero-order valence-corrected chi connectivity index (χ0v) is 16.0. The molecule has 0 bridgehead atoms. The van der Waals surface area contributed by atoms with Crippen molar-refractivity contribution in [3.8, 4) is 17.2 Å². The van der Waals surface area contributed by atoms with Crippen molar-refractivity contribution in [2.24, 2.45) is 5.10 Å². The lowest BCUT2D eigenvalue weighted by Crippen LogP contribution is -2.33. The minimum absolute atomic E-state index is 0.321. The molecule has 0 spiro atoms. The Bertz CT molecular complexity index is 812. The number of ether oxygens (including phenoxy) is 3. The van der Waals surface area contributed by atoms with Gasteiger partial charge in [-0.05, 0) is 43.3 Å². The SMILES string of the molecule is COc1ccc(OC)c(C=NNC(=O)C(C)Oc2ccc(Cl)cc2Cl)c1. The van der Waals surface area contributed by atoms with E-state index in [4.69, 9.17) is 37.4 Å². The Morgan fingerprint density at radius 1 is 1.12 bits per heavy atom. The lowest BCUT2D eigenvalue weighted by Gasteiger charge is -2.14. The Hall–Kier alpha value is -2.44. The minimum Gasteiger partial charge on any atom is -0.497 e. The van der Waals surface area contributed by atoms with Crippen molar-refractivity contribution in [2.75, 3.05) is 14.2 Å². The fraction of sp³-hybridized carbons (Fsp3) is 0.222. The molecule has 26 heavy (non-hydrogen) atoms. The summed E-state index contributed by atoms with van der Waals surface area (Å²) in [5.41, 5.74) is 3.06. The first-order valence-corrected chi connectivity index (χ1v) is 8.37. The van der Waals surface area contributed by atoms with Gasteiger partial charge in [0.15, 0.2) is 6.10 Å². The van der Waals surface area contributed by atoms with E-state index in [1.165, 1.54) is 12.3 Å². The molecule has 0 fully saturated rings. The largest absolute Gasteiger partial charge is 0.497 e. The minimum atomic E-state index is -0.807. The van der Waals surface area contributed by atoms with E-state index in [0.717, 1.165) is 0 Å². The molecular formula is C18H18Cl2N2O4. The van der Waals surface area contributed by atoms with E-state index >= 15 is 0 Å². The molecule has 1 N–H and O–H groups in total. The first-order valence-electron chi connectivity index (χ1n) is 7.61. The first-order chi connectivity index (χ1) is 12.4. The first kappa shape index (κ1) is 19.9. The summed E-state index contributed by atoms with van der Waals surface area (Å²) in [6.07, 6.45) is 0.652. The number of rotatable bonds is 7. The van der Waals surface area contributed by atoms with Crippen LogP contribution in [0.1, 0.15) is 12.5 Å². The molecule has 6 nitrogen and oxygen atoms in total. The number of amides is 1. The van der Waals surface area contributed by atoms with E-state index in [2.05, 4.69) is 10.5 Å². The highest BCUT2D eigenvalue weighted by atomic mass is 35.5. The van der Waals surface area contributed by atoms with Crippen LogP contribution in [-0.4, -0.2) is 32.4 Å². The lowest BCUT2D eigenvalue weighted by molar-refractivity contribution is -0.127. The maximum Gasteiger partial charge on any atom is 0.280 e. The standard InChI is InChI=1S/C18H18Cl2N2O4/c1-11(26-17-6-4-13(19)9-15(17)20)18(23)22-21-10-12-8-14(24-2)5-7-16(12)25-3/h4-11H,1-3H3,(H,22,23). The van der Waals surface area contributed by atoms with Gasteiger partial charge in [-0.25, -0.2) is 5.43 Å². The Morgan fingerprint density at radius 2 is 1.85 bits per heavy atom. The summed E-state index contributed by atoms with van der Waals surface area (Å²) in [4.78, 5) is 12.1. The summed E-state index contributed by atoms with van der Waals surface area (Å²) >= 11 is 11.9. The topological polar surface area (TPSA) is 69.2 Å². The summed E-state index contributed by atoms with van der Waals surface area (Å²) < 4.78 is 15.9. The third-order valence-electron chi connectivity index (χ3n) is 3.38. The second-order valence-corrected chi connectivity index (χ2v) is 6.02. The average molecular weight is 397 g/mol. The van der Waals surface area contributed by atoms with Crippen molar-refractivity contribution in [1.82, 2.24) is 5.43 Å². The van der Waals surface area contributed by atoms with E-state index in [0.29, 0.717) is 32.9 Å². The predicted molar refractivity (Wildman–Crippen MR) is 102 cm³/mol. The molecule has 1 amide bonds. The number of carbonyl (C=O) groups is 1. The number of benzene rings is 2. The van der Waals surface area contributed by atoms with Crippen molar-refractivity contribution < 1.29 is 19.0 Å². The number of hydrogen-bond acceptors (Lipinski definition) is 5. The Labute approximate surface area is 161 Å². The summed E-state index contributed by atoms with van der Waals surface area (Å²) in [5, 5.41) is 4.73. The van der Waals surface area contributed by atoms with Gasteiger partial charge in [0.2, 0.25) is 0 Å². The van der Waals surface area contributed by atoms with Crippen molar-refractivity contribution in [1.29, 1.82) is 0 Å². The van der Waals surface area contributed by atoms with Gasteiger partial charge in [-0.2, -0.15) is 5.10 Å². The summed E-state index contributed by atoms with van der Waals surface area (Å²) in [6, 6.07) is 10.0. The van der Waals surface area contributed by atoms with Crippen LogP contribution in [0, 0.1) is 0 Å². The van der Waals surface area contributed by atoms with Crippen LogP contribution in [0.5, 0.6) is 17.2 Å². The molecule has 0 heterocycles. The summed E-state index contributed by atoms with van der Waals surface area (Å²) in [6.45, 7) is 1.59. The van der Waals surface area contributed by atoms with Crippen molar-refractivity contribution in [3.63, 3.8) is 0 Å². The molecule has 0 aliphatic carbocycles. The van der Waals surface area contributed by atoms with Crippen LogP contribution in [0.2, 0.25) is 10.0 Å². The molecule has 0 saturated carbocycles. The normalized spacial score (nSPS) is 11.9. The van der Waals surface area contributed by atoms with Crippen LogP contribution in [0.15, 0.2) is 41.5 Å². The zero-order chi connectivity index (χ0) is 19.1. The lowest BCUT2D eigenvalue weighted by atomic mass is 10.2. The molecular weight excluding hydrogens is 379 g/mol. The number of nitrogens with zero attached hydrogens (tertiary/aromatic N) is 1. The van der Waals surface area contributed by atoms with Gasteiger partial charge in [0.25, 0.3) is 5.91 Å². The number of nitrogens with one attached hydrogen (secondary N) is 1. The second kappa shape index (κ2) is 9.31. The smallest absolute Gasteiger partial charge is 0.280 e. The number of carbonyl (C=O) groups excluding carboxylic acids is 1. The molecule has 1 unspecified atom stereocenters. The monoisotopic (exact) mass is 396 g/mol. The fourth-order valence-electron chi connectivity index (χ4n) is 2.01. The molecule has 2 aromatic carbocycles. The third-order valence-corrected chi connectivity index (χ3v) is 3.91. The fourth-order valence-corrected chi connectivity index (χ4v) is 2.46. The van der Waals surface area contributed by atoms with Crippen LogP contribution in [-0.2, 0) is 4.79 Å². The van der Waals surface area contributed by atoms with Gasteiger partial charge >= 0.3 is 0 Å². The maximum absolute atomic E-state index is 12.1. The van der Waals surface area contributed by atoms with Crippen molar-refractivity contribution >= 4 is 35.3 Å². The molecule has 8 heteroatoms. The van der Waals surface area contributed by atoms with Crippen molar-refractivity contribution in [2.45, 2.75) is 13.0 Å². The number of methoxy groups -OCH3 is 2. The van der Waals surface area contributed by atoms with Crippen LogP contribution in [0.3, 0.4) is 0 Å². The van der Waals surface area contributed by atoms with Crippen LogP contribution in [0.4, 0.5) is 0 Å². The Kier molecular flexibility index (Phi) is 7.12. The number of halogens is 2. The predicted octanol–water partition coefficient (Wildman–Crippen LogP) is 3.93. The molecule has 0 radical (unpaired) electrons. The van der Waals surface area contributed by atoms with Crippen molar-refractivity contribution in [3.05, 3.63) is 52.0 Å². The Morgan fingerprint density at radius 3 is 2.50 bits per heavy atom. The van der Waals surface area contributed by atoms with Crippen LogP contribution in [0.25, 0.3) is 0 Å². The van der Waals surface area contributed by atoms with E-state index in [1.54, 1.807) is 51.5 Å². The zero-order valence-electron chi connectivity index (χ0n) is 14.5. The van der Waals surface area contributed by atoms with E-state index in [9.17, 15) is 4.79 Å². The molecule has 2 rings (SSSR count). The van der Waals surface area contributed by atoms with E-state index in [-0.39, 0.29) is 0 Å². The van der Waals surface area contributed by atoms with Gasteiger partial charge in [0.1, 0.15) is 17.2 Å². The molecule has 1 atom stereocenters. The molecule has 0 aliphatic rings. The molecule has 0 saturated heterocycles. The number of hydrazone groups is 1. The summed E-state index contributed by atoms with van der Waals surface area (Å²) in [5.74, 6) is 1.17. The highest BCUT2D eigenvalue weighted by Gasteiger charge is 2.15. The van der Waals surface area contributed by atoms with Gasteiger partial charge in [-0.1, -0.05) is 23.2 Å². The van der Waals surface area contributed by atoms with E-state index in [1.807, 2.05) is 0 Å². The van der Waals surface area contributed by atoms with Gasteiger partial charge in [0.05, 0.1) is 25.5 Å². The quantitative estimate of drug-likeness (QED) is 0.568. The van der Waals surface area contributed by atoms with E-state index < -0.39 is 12.0 Å². The van der Waals surface area contributed by atoms with Gasteiger partial charge < -0.3 is 14.2 Å². The van der Waals surface area contributed by atoms with Gasteiger partial charge in [-0.15, -0.1) is 0 Å². The van der Waals surface area contributed by atoms with Crippen LogP contribution >= 0.6 is 23.2 Å². The highest BCUT2D eigenvalue weighted by molar-refractivity contribution is 6.35. The number of hydrogen-bond donors (Lipinski definition) is 1. The molecule has 0 aromatic heterocycles. The molecule has 2 aromatic rings. The molecule has 0 aliphatic heterocycles. The van der Waals surface area contributed by atoms with Crippen LogP contribution < -0.4 is 19.6 Å². The third kappa shape index (κ3) is 5.28. The Balaban J connectivity index is 2.00. The highest BCUT2D eigenvalue weighted by Crippen LogP contribution is 2.28. The average Bonchev–Trinajstić information content (AvgIpc) is 2.63. The maximum atomic E-state index is 12.1. The second-order valence-electron chi connectivity index (χ2n) is 5.18.